The van der Waals surface area contributed by atoms with Gasteiger partial charge in [-0.05, 0) is 78.8 Å². The molecule has 10 heteroatoms. The predicted octanol–water partition coefficient (Wildman–Crippen LogP) is 4.17. The number of fused-ring (bicyclic) bond motifs is 2. The minimum Gasteiger partial charge on any atom is -0.491 e. The Labute approximate surface area is 256 Å². The van der Waals surface area contributed by atoms with E-state index in [1.807, 2.05) is 17.0 Å². The van der Waals surface area contributed by atoms with Crippen molar-refractivity contribution in [1.82, 2.24) is 24.7 Å². The molecule has 3 aromatic rings. The minimum atomic E-state index is -1.06. The van der Waals surface area contributed by atoms with Gasteiger partial charge in [0.2, 0.25) is 0 Å². The molecule has 2 aromatic heterocycles. The van der Waals surface area contributed by atoms with Crippen LogP contribution in [0.2, 0.25) is 0 Å². The van der Waals surface area contributed by atoms with E-state index in [1.165, 1.54) is 0 Å². The second kappa shape index (κ2) is 11.6. The summed E-state index contributed by atoms with van der Waals surface area (Å²) in [4.78, 5) is 39.5. The van der Waals surface area contributed by atoms with Crippen molar-refractivity contribution in [2.45, 2.75) is 38.3 Å². The summed E-state index contributed by atoms with van der Waals surface area (Å²) in [5, 5.41) is 22.1. The van der Waals surface area contributed by atoms with E-state index in [2.05, 4.69) is 28.2 Å². The second-order valence-corrected chi connectivity index (χ2v) is 12.3. The van der Waals surface area contributed by atoms with Gasteiger partial charge in [0.15, 0.2) is 0 Å². The van der Waals surface area contributed by atoms with Gasteiger partial charge in [-0.15, -0.1) is 0 Å². The average molecular weight is 598 g/mol. The smallest absolute Gasteiger partial charge is 0.319 e. The van der Waals surface area contributed by atoms with E-state index >= 15 is 0 Å². The first-order valence-corrected chi connectivity index (χ1v) is 15.0. The molecule has 1 atom stereocenters. The van der Waals surface area contributed by atoms with Crippen LogP contribution in [0.1, 0.15) is 53.9 Å². The molecule has 0 fully saturated rings. The number of benzene rings is 1. The van der Waals surface area contributed by atoms with Crippen molar-refractivity contribution in [3.63, 3.8) is 0 Å². The highest BCUT2D eigenvalue weighted by Crippen LogP contribution is 2.37. The third kappa shape index (κ3) is 5.39. The zero-order valence-corrected chi connectivity index (χ0v) is 25.6. The average Bonchev–Trinajstić information content (AvgIpc) is 3.39. The summed E-state index contributed by atoms with van der Waals surface area (Å²) in [5.41, 5.74) is 5.45. The first-order valence-electron chi connectivity index (χ1n) is 15.0. The van der Waals surface area contributed by atoms with E-state index in [1.54, 1.807) is 62.1 Å². The topological polar surface area (TPSA) is 122 Å². The van der Waals surface area contributed by atoms with Gasteiger partial charge in [0.05, 0.1) is 30.4 Å². The molecule has 3 N–H and O–H groups in total. The molecular formula is C34H39N5O5. The molecular weight excluding hydrogens is 558 g/mol. The number of aromatic nitrogens is 2. The van der Waals surface area contributed by atoms with E-state index in [0.29, 0.717) is 49.5 Å². The standard InChI is InChI=1S/C34H39N5O5/c1-34(2,43)22-8-9-25-30(18-22)44-17-16-39(32(25)41)29-7-5-6-23(27(29)20-40)24-10-13-35-31-26(24)19-28(36-31)21-11-14-38(15-12-21)33(42)37(3)4/h5-6,8-11,13,18-19,29,40,43H,7,12,14-17,20H2,1-4H3,(H,35,36). The number of urea groups is 1. The lowest BCUT2D eigenvalue weighted by atomic mass is 9.87. The molecule has 0 saturated heterocycles. The van der Waals surface area contributed by atoms with E-state index in [4.69, 9.17) is 4.74 Å². The number of hydrogen-bond donors (Lipinski definition) is 3. The maximum Gasteiger partial charge on any atom is 0.319 e. The fourth-order valence-electron chi connectivity index (χ4n) is 6.32. The summed E-state index contributed by atoms with van der Waals surface area (Å²) in [6.07, 6.45) is 9.22. The Balaban J connectivity index is 1.33. The Kier molecular flexibility index (Phi) is 7.81. The van der Waals surface area contributed by atoms with Crippen LogP contribution < -0.4 is 4.74 Å². The molecule has 0 saturated carbocycles. The number of carbonyl (C=O) groups is 2. The normalized spacial score (nSPS) is 19.1. The lowest BCUT2D eigenvalue weighted by molar-refractivity contribution is 0.0694. The molecule has 0 bridgehead atoms. The summed E-state index contributed by atoms with van der Waals surface area (Å²) in [7, 11) is 3.52. The summed E-state index contributed by atoms with van der Waals surface area (Å²) < 4.78 is 5.99. The predicted molar refractivity (Wildman–Crippen MR) is 169 cm³/mol. The Morgan fingerprint density at radius 2 is 2.00 bits per heavy atom. The third-order valence-electron chi connectivity index (χ3n) is 8.74. The van der Waals surface area contributed by atoms with Crippen molar-refractivity contribution >= 4 is 34.1 Å². The number of nitrogens with zero attached hydrogens (tertiary/aromatic N) is 4. The number of carbonyl (C=O) groups excluding carboxylic acids is 2. The molecule has 0 radical (unpaired) electrons. The number of allylic oxidation sites excluding steroid dienone is 2. The molecule has 0 spiro atoms. The number of nitrogens with one attached hydrogen (secondary N) is 1. The molecule has 1 unspecified atom stereocenters. The van der Waals surface area contributed by atoms with Gasteiger partial charge in [-0.1, -0.05) is 24.3 Å². The van der Waals surface area contributed by atoms with Crippen molar-refractivity contribution in [3.8, 4) is 5.75 Å². The highest BCUT2D eigenvalue weighted by molar-refractivity contribution is 5.99. The molecule has 2 aliphatic heterocycles. The highest BCUT2D eigenvalue weighted by atomic mass is 16.5. The molecule has 3 amide bonds. The van der Waals surface area contributed by atoms with Crippen LogP contribution in [-0.2, 0) is 5.60 Å². The Hall–Kier alpha value is -4.41. The molecule has 44 heavy (non-hydrogen) atoms. The quantitative estimate of drug-likeness (QED) is 0.406. The van der Waals surface area contributed by atoms with E-state index in [-0.39, 0.29) is 24.6 Å². The first-order chi connectivity index (χ1) is 21.1. The van der Waals surface area contributed by atoms with Crippen LogP contribution in [0, 0.1) is 0 Å². The molecule has 1 aliphatic carbocycles. The van der Waals surface area contributed by atoms with Crippen LogP contribution in [0.15, 0.2) is 60.3 Å². The molecule has 1 aromatic carbocycles. The van der Waals surface area contributed by atoms with Gasteiger partial charge in [-0.25, -0.2) is 9.78 Å². The maximum atomic E-state index is 13.9. The van der Waals surface area contributed by atoms with Crippen molar-refractivity contribution in [1.29, 1.82) is 0 Å². The van der Waals surface area contributed by atoms with Gasteiger partial charge >= 0.3 is 6.03 Å². The van der Waals surface area contributed by atoms with Gasteiger partial charge in [0, 0.05) is 44.5 Å². The number of rotatable bonds is 5. The summed E-state index contributed by atoms with van der Waals surface area (Å²) in [5.74, 6) is 0.292. The van der Waals surface area contributed by atoms with Gasteiger partial charge in [0.1, 0.15) is 18.0 Å². The van der Waals surface area contributed by atoms with Crippen LogP contribution in [0.5, 0.6) is 5.75 Å². The number of H-pyrrole nitrogens is 1. The van der Waals surface area contributed by atoms with Crippen molar-refractivity contribution in [3.05, 3.63) is 82.7 Å². The van der Waals surface area contributed by atoms with Crippen LogP contribution in [0.4, 0.5) is 4.79 Å². The summed E-state index contributed by atoms with van der Waals surface area (Å²) in [6.45, 7) is 5.04. The Bertz CT molecular complexity index is 1710. The zero-order chi connectivity index (χ0) is 31.2. The Morgan fingerprint density at radius 3 is 2.70 bits per heavy atom. The summed E-state index contributed by atoms with van der Waals surface area (Å²) in [6, 6.07) is 8.91. The SMILES string of the molecule is CN(C)C(=O)N1CC=C(c2cc3c(C4=C(CO)C(N5CCOc6cc(C(C)(C)O)ccc6C5=O)CC=C4)ccnc3[nH]2)CC1. The first kappa shape index (κ1) is 29.7. The van der Waals surface area contributed by atoms with Crippen LogP contribution in [0.25, 0.3) is 22.2 Å². The number of aliphatic hydroxyl groups is 2. The Morgan fingerprint density at radius 1 is 1.18 bits per heavy atom. The number of ether oxygens (including phenoxy) is 1. The van der Waals surface area contributed by atoms with Crippen molar-refractivity contribution in [2.24, 2.45) is 0 Å². The number of hydrogen-bond acceptors (Lipinski definition) is 6. The molecule has 4 heterocycles. The number of pyridine rings is 1. The second-order valence-electron chi connectivity index (χ2n) is 12.3. The lowest BCUT2D eigenvalue weighted by Gasteiger charge is -2.34. The van der Waals surface area contributed by atoms with Crippen LogP contribution in [-0.4, -0.2) is 99.8 Å². The van der Waals surface area contributed by atoms with Crippen LogP contribution >= 0.6 is 0 Å². The number of amides is 3. The molecule has 230 valence electrons. The van der Waals surface area contributed by atoms with E-state index in [0.717, 1.165) is 45.4 Å². The number of aliphatic hydroxyl groups excluding tert-OH is 1. The molecule has 10 nitrogen and oxygen atoms in total. The lowest BCUT2D eigenvalue weighted by Crippen LogP contribution is -2.44. The fourth-order valence-corrected chi connectivity index (χ4v) is 6.32. The zero-order valence-electron chi connectivity index (χ0n) is 25.6. The molecule has 6 rings (SSSR count). The largest absolute Gasteiger partial charge is 0.491 e. The van der Waals surface area contributed by atoms with E-state index < -0.39 is 5.60 Å². The van der Waals surface area contributed by atoms with Gasteiger partial charge < -0.3 is 34.6 Å². The van der Waals surface area contributed by atoms with Crippen molar-refractivity contribution in [2.75, 3.05) is 46.9 Å². The minimum absolute atomic E-state index is 0.000178. The van der Waals surface area contributed by atoms with E-state index in [9.17, 15) is 19.8 Å². The third-order valence-corrected chi connectivity index (χ3v) is 8.74. The summed E-state index contributed by atoms with van der Waals surface area (Å²) >= 11 is 0. The van der Waals surface area contributed by atoms with Gasteiger partial charge in [0.25, 0.3) is 5.91 Å². The maximum absolute atomic E-state index is 13.9. The monoisotopic (exact) mass is 597 g/mol. The number of aromatic amines is 1. The van der Waals surface area contributed by atoms with Gasteiger partial charge in [-0.2, -0.15) is 0 Å². The van der Waals surface area contributed by atoms with Crippen LogP contribution in [0.3, 0.4) is 0 Å². The van der Waals surface area contributed by atoms with Gasteiger partial charge in [-0.3, -0.25) is 4.79 Å². The highest BCUT2D eigenvalue weighted by Gasteiger charge is 2.34. The molecule has 3 aliphatic rings. The van der Waals surface area contributed by atoms with Crippen molar-refractivity contribution < 1.29 is 24.5 Å². The fraction of sp³-hybridized carbons (Fsp3) is 0.382.